The summed E-state index contributed by atoms with van der Waals surface area (Å²) >= 11 is 9.45. The lowest BCUT2D eigenvalue weighted by Crippen LogP contribution is -2.12. The number of carbonyl (C=O) groups is 1. The van der Waals surface area contributed by atoms with Crippen molar-refractivity contribution in [1.29, 1.82) is 0 Å². The Balaban J connectivity index is 1.35. The third-order valence-corrected chi connectivity index (χ3v) is 4.99. The molecule has 2 heterocycles. The number of furan rings is 1. The first-order chi connectivity index (χ1) is 15.0. The average molecular weight is 506 g/mol. The Labute approximate surface area is 189 Å². The second-order valence-electron chi connectivity index (χ2n) is 6.44. The second-order valence-corrected chi connectivity index (χ2v) is 7.76. The van der Waals surface area contributed by atoms with Crippen LogP contribution in [0, 0.1) is 5.82 Å². The van der Waals surface area contributed by atoms with Crippen molar-refractivity contribution >= 4 is 39.4 Å². The summed E-state index contributed by atoms with van der Waals surface area (Å²) in [5, 5.41) is 7.13. The van der Waals surface area contributed by atoms with Gasteiger partial charge in [0.1, 0.15) is 30.3 Å². The van der Waals surface area contributed by atoms with Crippen molar-refractivity contribution in [2.75, 3.05) is 5.32 Å². The van der Waals surface area contributed by atoms with Crippen LogP contribution in [0.3, 0.4) is 0 Å². The lowest BCUT2D eigenvalue weighted by Gasteiger charge is -2.06. The van der Waals surface area contributed by atoms with Gasteiger partial charge in [-0.15, -0.1) is 5.10 Å². The summed E-state index contributed by atoms with van der Waals surface area (Å²) in [5.41, 5.74) is 0.465. The van der Waals surface area contributed by atoms with Crippen molar-refractivity contribution in [3.63, 3.8) is 0 Å². The largest absolute Gasteiger partial charge is 0.484 e. The molecule has 158 valence electrons. The molecule has 0 unspecified atom stereocenters. The molecule has 1 amide bonds. The van der Waals surface area contributed by atoms with Crippen LogP contribution in [0.15, 0.2) is 69.8 Å². The zero-order valence-electron chi connectivity index (χ0n) is 15.9. The van der Waals surface area contributed by atoms with E-state index in [2.05, 4.69) is 31.3 Å². The molecular formula is C21H15BrClFN4O3. The summed E-state index contributed by atoms with van der Waals surface area (Å²) in [4.78, 5) is 16.4. The minimum atomic E-state index is -0.517. The van der Waals surface area contributed by atoms with Crippen LogP contribution in [-0.2, 0) is 13.2 Å². The standard InChI is InChI=1S/C21H15BrClFN4O3/c22-14-5-7-18(16(23)9-14)30-11-15-6-8-19(31-15)20(29)26-21-25-12-28(27-21)10-13-3-1-2-4-17(13)24/h1-9,12H,10-11H2,(H,26,27,29). The number of hydrogen-bond donors (Lipinski definition) is 1. The summed E-state index contributed by atoms with van der Waals surface area (Å²) in [5.74, 6) is 0.247. The van der Waals surface area contributed by atoms with E-state index in [0.717, 1.165) is 4.47 Å². The molecule has 0 saturated carbocycles. The van der Waals surface area contributed by atoms with E-state index in [1.54, 1.807) is 42.5 Å². The van der Waals surface area contributed by atoms with Gasteiger partial charge in [-0.05, 0) is 36.4 Å². The van der Waals surface area contributed by atoms with E-state index >= 15 is 0 Å². The molecule has 0 fully saturated rings. The lowest BCUT2D eigenvalue weighted by molar-refractivity contribution is 0.0991. The van der Waals surface area contributed by atoms with E-state index in [1.807, 2.05) is 0 Å². The van der Waals surface area contributed by atoms with Crippen molar-refractivity contribution < 1.29 is 18.3 Å². The Kier molecular flexibility index (Phi) is 6.34. The monoisotopic (exact) mass is 504 g/mol. The Morgan fingerprint density at radius 3 is 2.87 bits per heavy atom. The van der Waals surface area contributed by atoms with Crippen LogP contribution < -0.4 is 10.1 Å². The van der Waals surface area contributed by atoms with Gasteiger partial charge >= 0.3 is 0 Å². The average Bonchev–Trinajstić information content (AvgIpc) is 3.39. The highest BCUT2D eigenvalue weighted by molar-refractivity contribution is 9.10. The fourth-order valence-electron chi connectivity index (χ4n) is 2.71. The van der Waals surface area contributed by atoms with E-state index in [4.69, 9.17) is 20.8 Å². The predicted molar refractivity (Wildman–Crippen MR) is 116 cm³/mol. The first-order valence-electron chi connectivity index (χ1n) is 9.09. The topological polar surface area (TPSA) is 82.2 Å². The molecule has 0 aliphatic rings. The maximum absolute atomic E-state index is 13.8. The number of anilines is 1. The highest BCUT2D eigenvalue weighted by atomic mass is 79.9. The van der Waals surface area contributed by atoms with Gasteiger partial charge < -0.3 is 9.15 Å². The van der Waals surface area contributed by atoms with E-state index < -0.39 is 5.91 Å². The summed E-state index contributed by atoms with van der Waals surface area (Å²) in [6, 6.07) is 14.8. The third-order valence-electron chi connectivity index (χ3n) is 4.20. The molecule has 0 atom stereocenters. The molecule has 7 nitrogen and oxygen atoms in total. The van der Waals surface area contributed by atoms with Gasteiger partial charge in [0.2, 0.25) is 5.95 Å². The van der Waals surface area contributed by atoms with Crippen molar-refractivity contribution in [2.45, 2.75) is 13.2 Å². The highest BCUT2D eigenvalue weighted by Crippen LogP contribution is 2.28. The van der Waals surface area contributed by atoms with Crippen molar-refractivity contribution in [1.82, 2.24) is 14.8 Å². The molecule has 2 aromatic carbocycles. The summed E-state index contributed by atoms with van der Waals surface area (Å²) in [6.07, 6.45) is 1.41. The number of aromatic nitrogens is 3. The molecule has 1 N–H and O–H groups in total. The van der Waals surface area contributed by atoms with Gasteiger partial charge in [0.15, 0.2) is 5.76 Å². The number of amides is 1. The first kappa shape index (κ1) is 21.1. The molecule has 0 radical (unpaired) electrons. The number of nitrogens with one attached hydrogen (secondary N) is 1. The Bertz CT molecular complexity index is 1230. The molecule has 2 aromatic heterocycles. The van der Waals surface area contributed by atoms with Crippen LogP contribution in [0.1, 0.15) is 21.9 Å². The minimum absolute atomic E-state index is 0.0750. The van der Waals surface area contributed by atoms with Gasteiger partial charge in [-0.25, -0.2) is 14.1 Å². The minimum Gasteiger partial charge on any atom is -0.484 e. The Morgan fingerprint density at radius 1 is 1.23 bits per heavy atom. The quantitative estimate of drug-likeness (QED) is 0.368. The van der Waals surface area contributed by atoms with E-state index in [-0.39, 0.29) is 30.7 Å². The molecule has 31 heavy (non-hydrogen) atoms. The summed E-state index contributed by atoms with van der Waals surface area (Å²) in [6.45, 7) is 0.292. The van der Waals surface area contributed by atoms with Gasteiger partial charge in [-0.3, -0.25) is 10.1 Å². The Morgan fingerprint density at radius 2 is 2.06 bits per heavy atom. The zero-order valence-corrected chi connectivity index (χ0v) is 18.2. The maximum Gasteiger partial charge on any atom is 0.293 e. The molecule has 0 bridgehead atoms. The van der Waals surface area contributed by atoms with Gasteiger partial charge in [0, 0.05) is 10.0 Å². The van der Waals surface area contributed by atoms with E-state index in [9.17, 15) is 9.18 Å². The van der Waals surface area contributed by atoms with E-state index in [1.165, 1.54) is 23.1 Å². The number of halogens is 3. The molecule has 10 heteroatoms. The van der Waals surface area contributed by atoms with Crippen LogP contribution in [0.4, 0.5) is 10.3 Å². The third kappa shape index (κ3) is 5.31. The number of ether oxygens (including phenoxy) is 1. The summed E-state index contributed by atoms with van der Waals surface area (Å²) in [7, 11) is 0. The fourth-order valence-corrected chi connectivity index (χ4v) is 3.44. The van der Waals surface area contributed by atoms with E-state index in [0.29, 0.717) is 22.1 Å². The van der Waals surface area contributed by atoms with Crippen LogP contribution in [0.25, 0.3) is 0 Å². The van der Waals surface area contributed by atoms with Crippen molar-refractivity contribution in [2.24, 2.45) is 0 Å². The number of nitrogens with zero attached hydrogens (tertiary/aromatic N) is 3. The smallest absolute Gasteiger partial charge is 0.293 e. The molecule has 4 aromatic rings. The maximum atomic E-state index is 13.8. The number of hydrogen-bond acceptors (Lipinski definition) is 5. The molecule has 0 aliphatic heterocycles. The fraction of sp³-hybridized carbons (Fsp3) is 0.0952. The molecular weight excluding hydrogens is 491 g/mol. The van der Waals surface area contributed by atoms with Crippen LogP contribution in [-0.4, -0.2) is 20.7 Å². The highest BCUT2D eigenvalue weighted by Gasteiger charge is 2.15. The molecule has 0 saturated heterocycles. The summed E-state index contributed by atoms with van der Waals surface area (Å²) < 4.78 is 27.2. The van der Waals surface area contributed by atoms with Gasteiger partial charge in [-0.1, -0.05) is 45.7 Å². The first-order valence-corrected chi connectivity index (χ1v) is 10.3. The normalized spacial score (nSPS) is 10.8. The van der Waals surface area contributed by atoms with Gasteiger partial charge in [0.05, 0.1) is 11.6 Å². The predicted octanol–water partition coefficient (Wildman–Crippen LogP) is 5.31. The van der Waals surface area contributed by atoms with Crippen molar-refractivity contribution in [3.05, 3.63) is 93.3 Å². The Hall–Kier alpha value is -3.17. The van der Waals surface area contributed by atoms with Crippen LogP contribution in [0.2, 0.25) is 5.02 Å². The van der Waals surface area contributed by atoms with Crippen molar-refractivity contribution in [3.8, 4) is 5.75 Å². The lowest BCUT2D eigenvalue weighted by atomic mass is 10.2. The second kappa shape index (κ2) is 9.32. The molecule has 4 rings (SSSR count). The molecule has 0 spiro atoms. The van der Waals surface area contributed by atoms with Gasteiger partial charge in [0.25, 0.3) is 5.91 Å². The van der Waals surface area contributed by atoms with Gasteiger partial charge in [-0.2, -0.15) is 0 Å². The van der Waals surface area contributed by atoms with Crippen LogP contribution in [0.5, 0.6) is 5.75 Å². The zero-order chi connectivity index (χ0) is 21.8. The number of benzene rings is 2. The van der Waals surface area contributed by atoms with Crippen LogP contribution >= 0.6 is 27.5 Å². The number of rotatable bonds is 7. The number of carbonyl (C=O) groups excluding carboxylic acids is 1. The SMILES string of the molecule is O=C(Nc1ncn(Cc2ccccc2F)n1)c1ccc(COc2ccc(Br)cc2Cl)o1. The molecule has 0 aliphatic carbocycles.